The second-order valence-corrected chi connectivity index (χ2v) is 6.11. The van der Waals surface area contributed by atoms with Gasteiger partial charge in [-0.25, -0.2) is 9.59 Å². The molecule has 0 saturated carbocycles. The van der Waals surface area contributed by atoms with Crippen LogP contribution in [0.15, 0.2) is 0 Å². The lowest BCUT2D eigenvalue weighted by Gasteiger charge is -2.34. The number of carboxylic acid groups (broad SMARTS) is 1. The van der Waals surface area contributed by atoms with Gasteiger partial charge in [-0.3, -0.25) is 4.90 Å². The summed E-state index contributed by atoms with van der Waals surface area (Å²) in [7, 11) is 0. The Balaban J connectivity index is 2.89. The van der Waals surface area contributed by atoms with Crippen LogP contribution in [0.3, 0.4) is 0 Å². The van der Waals surface area contributed by atoms with Crippen molar-refractivity contribution < 1.29 is 19.4 Å². The van der Waals surface area contributed by atoms with E-state index in [0.29, 0.717) is 19.4 Å². The summed E-state index contributed by atoms with van der Waals surface area (Å²) in [5, 5.41) is 9.31. The smallest absolute Gasteiger partial charge is 0.411 e. The maximum Gasteiger partial charge on any atom is 0.411 e. The highest BCUT2D eigenvalue weighted by Gasteiger charge is 2.51. The van der Waals surface area contributed by atoms with Gasteiger partial charge < -0.3 is 9.84 Å². The normalized spacial score (nSPS) is 24.8. The Hall–Kier alpha value is -0.910. The van der Waals surface area contributed by atoms with Gasteiger partial charge in [-0.1, -0.05) is 0 Å². The van der Waals surface area contributed by atoms with Crippen LogP contribution in [0.25, 0.3) is 0 Å². The number of carbonyl (C=O) groups excluding carboxylic acids is 1. The molecule has 17 heavy (non-hydrogen) atoms. The number of hydrogen-bond donors (Lipinski definition) is 1. The standard InChI is InChI=1S/C11H19NO4S/c1-10(2,3)16-9(15)12-7-5-6-11(12,17-4)8(13)14/h5-7H2,1-4H3,(H,13,14). The predicted octanol–water partition coefficient (Wildman–Crippen LogP) is 2.16. The van der Waals surface area contributed by atoms with Crippen molar-refractivity contribution in [2.45, 2.75) is 44.1 Å². The summed E-state index contributed by atoms with van der Waals surface area (Å²) >= 11 is 1.18. The summed E-state index contributed by atoms with van der Waals surface area (Å²) in [5.74, 6) is -0.978. The van der Waals surface area contributed by atoms with Gasteiger partial charge in [0.1, 0.15) is 5.60 Å². The first-order chi connectivity index (χ1) is 7.73. The van der Waals surface area contributed by atoms with Crippen LogP contribution in [0.1, 0.15) is 33.6 Å². The van der Waals surface area contributed by atoms with Crippen LogP contribution in [0, 0.1) is 0 Å². The first-order valence-corrected chi connectivity index (χ1v) is 6.74. The third kappa shape index (κ3) is 2.86. The molecule has 1 fully saturated rings. The Labute approximate surface area is 105 Å². The van der Waals surface area contributed by atoms with E-state index in [2.05, 4.69) is 0 Å². The molecule has 1 aliphatic rings. The Morgan fingerprint density at radius 1 is 1.41 bits per heavy atom. The van der Waals surface area contributed by atoms with Gasteiger partial charge in [-0.15, -0.1) is 11.8 Å². The number of amides is 1. The fourth-order valence-corrected chi connectivity index (χ4v) is 2.78. The van der Waals surface area contributed by atoms with Gasteiger partial charge in [-0.2, -0.15) is 0 Å². The molecule has 1 heterocycles. The lowest BCUT2D eigenvalue weighted by Crippen LogP contribution is -2.51. The minimum atomic E-state index is -1.16. The summed E-state index contributed by atoms with van der Waals surface area (Å²) in [6.07, 6.45) is 2.30. The summed E-state index contributed by atoms with van der Waals surface area (Å²) < 4.78 is 5.24. The molecule has 1 N–H and O–H groups in total. The van der Waals surface area contributed by atoms with Crippen LogP contribution in [0.4, 0.5) is 4.79 Å². The topological polar surface area (TPSA) is 66.8 Å². The van der Waals surface area contributed by atoms with Crippen LogP contribution < -0.4 is 0 Å². The number of carboxylic acids is 1. The zero-order valence-electron chi connectivity index (χ0n) is 10.6. The number of aliphatic carboxylic acids is 1. The zero-order chi connectivity index (χ0) is 13.3. The van der Waals surface area contributed by atoms with Gasteiger partial charge >= 0.3 is 12.1 Å². The van der Waals surface area contributed by atoms with Gasteiger partial charge in [0, 0.05) is 6.54 Å². The van der Waals surface area contributed by atoms with Crippen molar-refractivity contribution in [1.29, 1.82) is 0 Å². The maximum atomic E-state index is 12.0. The molecule has 6 heteroatoms. The highest BCUT2D eigenvalue weighted by Crippen LogP contribution is 2.39. The first-order valence-electron chi connectivity index (χ1n) is 5.52. The molecule has 0 bridgehead atoms. The van der Waals surface area contributed by atoms with Crippen molar-refractivity contribution in [1.82, 2.24) is 4.90 Å². The van der Waals surface area contributed by atoms with E-state index in [1.165, 1.54) is 16.7 Å². The molecule has 5 nitrogen and oxygen atoms in total. The highest BCUT2D eigenvalue weighted by molar-refractivity contribution is 8.00. The molecule has 0 aromatic carbocycles. The molecule has 1 aliphatic heterocycles. The summed E-state index contributed by atoms with van der Waals surface area (Å²) in [6.45, 7) is 5.73. The van der Waals surface area contributed by atoms with E-state index >= 15 is 0 Å². The number of nitrogens with zero attached hydrogens (tertiary/aromatic N) is 1. The van der Waals surface area contributed by atoms with E-state index in [-0.39, 0.29) is 0 Å². The van der Waals surface area contributed by atoms with Crippen LogP contribution in [0.2, 0.25) is 0 Å². The average molecular weight is 261 g/mol. The molecule has 0 radical (unpaired) electrons. The van der Waals surface area contributed by atoms with E-state index in [1.54, 1.807) is 27.0 Å². The Kier molecular flexibility index (Phi) is 3.96. The van der Waals surface area contributed by atoms with Gasteiger partial charge in [-0.05, 0) is 39.9 Å². The van der Waals surface area contributed by atoms with E-state index in [1.807, 2.05) is 0 Å². The molecule has 0 spiro atoms. The van der Waals surface area contributed by atoms with Gasteiger partial charge in [0.25, 0.3) is 0 Å². The lowest BCUT2D eigenvalue weighted by molar-refractivity contribution is -0.143. The van der Waals surface area contributed by atoms with Crippen molar-refractivity contribution >= 4 is 23.8 Å². The summed E-state index contributed by atoms with van der Waals surface area (Å²) in [6, 6.07) is 0. The minimum Gasteiger partial charge on any atom is -0.479 e. The third-order valence-corrected chi connectivity index (χ3v) is 3.89. The minimum absolute atomic E-state index is 0.433. The van der Waals surface area contributed by atoms with E-state index in [0.717, 1.165) is 0 Å². The molecular formula is C11H19NO4S. The van der Waals surface area contributed by atoms with Gasteiger partial charge in [0.2, 0.25) is 0 Å². The molecule has 1 saturated heterocycles. The Morgan fingerprint density at radius 2 is 2.00 bits per heavy atom. The van der Waals surface area contributed by atoms with Crippen LogP contribution >= 0.6 is 11.8 Å². The number of rotatable bonds is 2. The number of likely N-dealkylation sites (tertiary alicyclic amines) is 1. The summed E-state index contributed by atoms with van der Waals surface area (Å²) in [5.41, 5.74) is -0.609. The van der Waals surface area contributed by atoms with Crippen molar-refractivity contribution in [3.8, 4) is 0 Å². The zero-order valence-corrected chi connectivity index (χ0v) is 11.5. The second-order valence-electron chi connectivity index (χ2n) is 5.03. The number of thioether (sulfide) groups is 1. The highest BCUT2D eigenvalue weighted by atomic mass is 32.2. The predicted molar refractivity (Wildman–Crippen MR) is 66.1 cm³/mol. The number of ether oxygens (including phenoxy) is 1. The van der Waals surface area contributed by atoms with E-state index in [9.17, 15) is 14.7 Å². The number of carbonyl (C=O) groups is 2. The molecule has 0 aliphatic carbocycles. The van der Waals surface area contributed by atoms with Crippen LogP contribution in [0.5, 0.6) is 0 Å². The lowest BCUT2D eigenvalue weighted by atomic mass is 10.2. The first kappa shape index (κ1) is 14.2. The third-order valence-electron chi connectivity index (χ3n) is 2.62. The second kappa shape index (κ2) is 4.76. The fourth-order valence-electron chi connectivity index (χ4n) is 1.87. The molecule has 1 amide bonds. The van der Waals surface area contributed by atoms with Crippen molar-refractivity contribution in [3.05, 3.63) is 0 Å². The molecule has 98 valence electrons. The fraction of sp³-hybridized carbons (Fsp3) is 0.818. The summed E-state index contributed by atoms with van der Waals surface area (Å²) in [4.78, 5) is 23.5. The maximum absolute atomic E-state index is 12.0. The van der Waals surface area contributed by atoms with Crippen molar-refractivity contribution in [2.24, 2.45) is 0 Å². The molecule has 1 rings (SSSR count). The van der Waals surface area contributed by atoms with Crippen LogP contribution in [-0.4, -0.2) is 45.3 Å². The molecule has 0 aromatic rings. The average Bonchev–Trinajstić information content (AvgIpc) is 2.59. The van der Waals surface area contributed by atoms with E-state index < -0.39 is 22.5 Å². The largest absolute Gasteiger partial charge is 0.479 e. The van der Waals surface area contributed by atoms with Crippen molar-refractivity contribution in [3.63, 3.8) is 0 Å². The SMILES string of the molecule is CSC1(C(=O)O)CCCN1C(=O)OC(C)(C)C. The number of hydrogen-bond acceptors (Lipinski definition) is 4. The van der Waals surface area contributed by atoms with Gasteiger partial charge in [0.05, 0.1) is 0 Å². The van der Waals surface area contributed by atoms with Gasteiger partial charge in [0.15, 0.2) is 4.87 Å². The molecule has 0 aromatic heterocycles. The quantitative estimate of drug-likeness (QED) is 0.825. The Morgan fingerprint density at radius 3 is 2.41 bits per heavy atom. The monoisotopic (exact) mass is 261 g/mol. The van der Waals surface area contributed by atoms with E-state index in [4.69, 9.17) is 4.74 Å². The van der Waals surface area contributed by atoms with Crippen molar-refractivity contribution in [2.75, 3.05) is 12.8 Å². The Bertz CT molecular complexity index is 326. The molecule has 1 unspecified atom stereocenters. The molecule has 1 atom stereocenters. The van der Waals surface area contributed by atoms with Crippen LogP contribution in [-0.2, 0) is 9.53 Å². The molecular weight excluding hydrogens is 242 g/mol.